The van der Waals surface area contributed by atoms with E-state index in [1.807, 2.05) is 6.07 Å². The van der Waals surface area contributed by atoms with E-state index in [1.165, 1.54) is 31.2 Å². The summed E-state index contributed by atoms with van der Waals surface area (Å²) in [6.07, 6.45) is 5.07. The van der Waals surface area contributed by atoms with Crippen molar-refractivity contribution >= 4 is 11.4 Å². The van der Waals surface area contributed by atoms with Crippen molar-refractivity contribution < 1.29 is 0 Å². The van der Waals surface area contributed by atoms with Crippen molar-refractivity contribution in [3.63, 3.8) is 0 Å². The molecular weight excluding hydrogens is 184 g/mol. The van der Waals surface area contributed by atoms with Crippen LogP contribution in [0.2, 0.25) is 0 Å². The summed E-state index contributed by atoms with van der Waals surface area (Å²) in [6.45, 7) is 4.35. The Labute approximate surface area is 91.9 Å². The Kier molecular flexibility index (Phi) is 2.59. The van der Waals surface area contributed by atoms with Gasteiger partial charge in [0.05, 0.1) is 11.4 Å². The van der Waals surface area contributed by atoms with Crippen LogP contribution in [0, 0.1) is 6.92 Å². The SMILES string of the molecule is CCC1(Nc2cc(C)ccc2N)CCC1. The van der Waals surface area contributed by atoms with Crippen LogP contribution in [0.25, 0.3) is 0 Å². The average molecular weight is 204 g/mol. The van der Waals surface area contributed by atoms with Crippen molar-refractivity contribution in [2.45, 2.75) is 45.1 Å². The van der Waals surface area contributed by atoms with E-state index in [0.29, 0.717) is 5.54 Å². The minimum absolute atomic E-state index is 0.321. The van der Waals surface area contributed by atoms with Gasteiger partial charge in [-0.1, -0.05) is 13.0 Å². The molecule has 15 heavy (non-hydrogen) atoms. The Morgan fingerprint density at radius 2 is 2.13 bits per heavy atom. The number of hydrogen-bond donors (Lipinski definition) is 2. The highest BCUT2D eigenvalue weighted by atomic mass is 15.0. The maximum atomic E-state index is 5.97. The lowest BCUT2D eigenvalue weighted by atomic mass is 9.74. The molecule has 0 unspecified atom stereocenters. The van der Waals surface area contributed by atoms with E-state index in [0.717, 1.165) is 11.4 Å². The number of nitrogen functional groups attached to an aromatic ring is 1. The lowest BCUT2D eigenvalue weighted by molar-refractivity contribution is 0.270. The molecule has 2 heteroatoms. The van der Waals surface area contributed by atoms with E-state index >= 15 is 0 Å². The molecule has 0 saturated heterocycles. The maximum Gasteiger partial charge on any atom is 0.0580 e. The smallest absolute Gasteiger partial charge is 0.0580 e. The van der Waals surface area contributed by atoms with Gasteiger partial charge in [0.15, 0.2) is 0 Å². The average Bonchev–Trinajstić information content (AvgIpc) is 2.17. The molecule has 1 fully saturated rings. The normalized spacial score (nSPS) is 18.3. The molecular formula is C13H20N2. The Morgan fingerprint density at radius 3 is 2.67 bits per heavy atom. The zero-order valence-corrected chi connectivity index (χ0v) is 9.64. The molecule has 82 valence electrons. The summed E-state index contributed by atoms with van der Waals surface area (Å²) in [6, 6.07) is 6.19. The number of nitrogens with one attached hydrogen (secondary N) is 1. The highest BCUT2D eigenvalue weighted by Crippen LogP contribution is 2.39. The number of nitrogens with two attached hydrogens (primary N) is 1. The minimum atomic E-state index is 0.321. The molecule has 0 atom stereocenters. The van der Waals surface area contributed by atoms with Gasteiger partial charge in [-0.2, -0.15) is 0 Å². The fraction of sp³-hybridized carbons (Fsp3) is 0.538. The Hall–Kier alpha value is -1.18. The van der Waals surface area contributed by atoms with Crippen molar-refractivity contribution in [1.82, 2.24) is 0 Å². The van der Waals surface area contributed by atoms with Crippen LogP contribution in [0.1, 0.15) is 38.2 Å². The van der Waals surface area contributed by atoms with E-state index in [9.17, 15) is 0 Å². The molecule has 0 radical (unpaired) electrons. The van der Waals surface area contributed by atoms with Gasteiger partial charge in [0.2, 0.25) is 0 Å². The predicted octanol–water partition coefficient (Wildman–Crippen LogP) is 3.32. The lowest BCUT2D eigenvalue weighted by Gasteiger charge is -2.43. The zero-order valence-electron chi connectivity index (χ0n) is 9.64. The molecule has 1 aromatic carbocycles. The first kappa shape index (κ1) is 10.3. The van der Waals surface area contributed by atoms with Gasteiger partial charge in [0.25, 0.3) is 0 Å². The van der Waals surface area contributed by atoms with Crippen LogP contribution in [0.4, 0.5) is 11.4 Å². The Morgan fingerprint density at radius 1 is 1.40 bits per heavy atom. The monoisotopic (exact) mass is 204 g/mol. The Balaban J connectivity index is 2.19. The Bertz CT molecular complexity index is 348. The molecule has 0 aromatic heterocycles. The predicted molar refractivity (Wildman–Crippen MR) is 66.1 cm³/mol. The first-order valence-electron chi connectivity index (χ1n) is 5.79. The molecule has 0 heterocycles. The zero-order chi connectivity index (χ0) is 10.9. The summed E-state index contributed by atoms with van der Waals surface area (Å²) in [5.41, 5.74) is 9.52. The van der Waals surface area contributed by atoms with Crippen LogP contribution in [0.3, 0.4) is 0 Å². The van der Waals surface area contributed by atoms with Crippen molar-refractivity contribution in [3.05, 3.63) is 23.8 Å². The van der Waals surface area contributed by atoms with Crippen molar-refractivity contribution in [3.8, 4) is 0 Å². The fourth-order valence-corrected chi connectivity index (χ4v) is 2.23. The molecule has 0 spiro atoms. The molecule has 3 N–H and O–H groups in total. The van der Waals surface area contributed by atoms with E-state index < -0.39 is 0 Å². The van der Waals surface area contributed by atoms with E-state index in [4.69, 9.17) is 5.73 Å². The highest BCUT2D eigenvalue weighted by Gasteiger charge is 2.35. The molecule has 2 nitrogen and oxygen atoms in total. The van der Waals surface area contributed by atoms with E-state index in [-0.39, 0.29) is 0 Å². The van der Waals surface area contributed by atoms with Gasteiger partial charge < -0.3 is 11.1 Å². The third-order valence-electron chi connectivity index (χ3n) is 3.60. The van der Waals surface area contributed by atoms with Gasteiger partial charge in [0.1, 0.15) is 0 Å². The molecule has 1 aliphatic carbocycles. The van der Waals surface area contributed by atoms with Crippen LogP contribution in [-0.4, -0.2) is 5.54 Å². The highest BCUT2D eigenvalue weighted by molar-refractivity contribution is 5.68. The summed E-state index contributed by atoms with van der Waals surface area (Å²) >= 11 is 0. The van der Waals surface area contributed by atoms with Crippen molar-refractivity contribution in [1.29, 1.82) is 0 Å². The van der Waals surface area contributed by atoms with Gasteiger partial charge in [-0.15, -0.1) is 0 Å². The second kappa shape index (κ2) is 3.76. The number of rotatable bonds is 3. The molecule has 0 bridgehead atoms. The van der Waals surface area contributed by atoms with Crippen LogP contribution >= 0.6 is 0 Å². The first-order valence-corrected chi connectivity index (χ1v) is 5.79. The van der Waals surface area contributed by atoms with E-state index in [1.54, 1.807) is 0 Å². The quantitative estimate of drug-likeness (QED) is 0.741. The summed E-state index contributed by atoms with van der Waals surface area (Å²) < 4.78 is 0. The molecule has 1 aliphatic rings. The van der Waals surface area contributed by atoms with Crippen LogP contribution in [0.5, 0.6) is 0 Å². The number of aryl methyl sites for hydroxylation is 1. The molecule has 2 rings (SSSR count). The maximum absolute atomic E-state index is 5.97. The first-order chi connectivity index (χ1) is 7.15. The molecule has 1 saturated carbocycles. The third kappa shape index (κ3) is 1.94. The van der Waals surface area contributed by atoms with Crippen LogP contribution in [-0.2, 0) is 0 Å². The largest absolute Gasteiger partial charge is 0.397 e. The van der Waals surface area contributed by atoms with Gasteiger partial charge in [-0.05, 0) is 50.3 Å². The van der Waals surface area contributed by atoms with Gasteiger partial charge in [-0.25, -0.2) is 0 Å². The second-order valence-corrected chi connectivity index (χ2v) is 4.70. The summed E-state index contributed by atoms with van der Waals surface area (Å²) in [7, 11) is 0. The summed E-state index contributed by atoms with van der Waals surface area (Å²) in [4.78, 5) is 0. The standard InChI is InChI=1S/C13H20N2/c1-3-13(7-4-8-13)15-12-9-10(2)5-6-11(12)14/h5-6,9,15H,3-4,7-8,14H2,1-2H3. The van der Waals surface area contributed by atoms with Crippen molar-refractivity contribution in [2.75, 3.05) is 11.1 Å². The number of benzene rings is 1. The van der Waals surface area contributed by atoms with Gasteiger partial charge in [-0.3, -0.25) is 0 Å². The molecule has 0 aliphatic heterocycles. The second-order valence-electron chi connectivity index (χ2n) is 4.70. The topological polar surface area (TPSA) is 38.0 Å². The summed E-state index contributed by atoms with van der Waals surface area (Å²) in [5.74, 6) is 0. The number of hydrogen-bond acceptors (Lipinski definition) is 2. The summed E-state index contributed by atoms with van der Waals surface area (Å²) in [5, 5.41) is 3.63. The van der Waals surface area contributed by atoms with Crippen LogP contribution in [0.15, 0.2) is 18.2 Å². The van der Waals surface area contributed by atoms with Crippen molar-refractivity contribution in [2.24, 2.45) is 0 Å². The van der Waals surface area contributed by atoms with Gasteiger partial charge >= 0.3 is 0 Å². The molecule has 0 amide bonds. The molecule has 1 aromatic rings. The fourth-order valence-electron chi connectivity index (χ4n) is 2.23. The lowest BCUT2D eigenvalue weighted by Crippen LogP contribution is -2.44. The number of anilines is 2. The third-order valence-corrected chi connectivity index (χ3v) is 3.60. The van der Waals surface area contributed by atoms with E-state index in [2.05, 4.69) is 31.3 Å². The van der Waals surface area contributed by atoms with Crippen LogP contribution < -0.4 is 11.1 Å². The van der Waals surface area contributed by atoms with Gasteiger partial charge in [0, 0.05) is 5.54 Å². The minimum Gasteiger partial charge on any atom is -0.397 e.